The first-order valence-corrected chi connectivity index (χ1v) is 10.8. The van der Waals surface area contributed by atoms with Crippen molar-refractivity contribution in [2.75, 3.05) is 26.1 Å². The van der Waals surface area contributed by atoms with Crippen LogP contribution < -0.4 is 14.8 Å². The Kier molecular flexibility index (Phi) is 7.31. The number of aryl methyl sites for hydroxylation is 1. The van der Waals surface area contributed by atoms with Gasteiger partial charge in [-0.2, -0.15) is 0 Å². The van der Waals surface area contributed by atoms with Crippen LogP contribution in [0.25, 0.3) is 11.1 Å². The van der Waals surface area contributed by atoms with E-state index in [1.807, 2.05) is 29.6 Å². The molecule has 0 unspecified atom stereocenters. The summed E-state index contributed by atoms with van der Waals surface area (Å²) < 4.78 is 15.8. The van der Waals surface area contributed by atoms with Gasteiger partial charge in [0.1, 0.15) is 22.1 Å². The maximum atomic E-state index is 12.9. The van der Waals surface area contributed by atoms with E-state index in [1.165, 1.54) is 31.1 Å². The van der Waals surface area contributed by atoms with E-state index in [1.54, 1.807) is 25.1 Å². The molecule has 162 valence electrons. The molecule has 0 saturated carbocycles. The van der Waals surface area contributed by atoms with Crippen LogP contribution >= 0.6 is 11.3 Å². The van der Waals surface area contributed by atoms with E-state index < -0.39 is 5.97 Å². The molecule has 1 amide bonds. The van der Waals surface area contributed by atoms with Crippen LogP contribution in [0.2, 0.25) is 0 Å². The standard InChI is InChI=1S/C24H25NO5S/c1-5-15-7-9-16(10-8-15)20-14-31-23(21(20)24(27)30-6-2)25-22(26)17-11-18(28-3)13-19(12-17)29-4/h7-14H,5-6H2,1-4H3,(H,25,26). The fraction of sp³-hybridized carbons (Fsp3) is 0.250. The molecule has 2 aromatic carbocycles. The molecule has 0 aliphatic rings. The van der Waals surface area contributed by atoms with Crippen molar-refractivity contribution in [1.29, 1.82) is 0 Å². The zero-order valence-corrected chi connectivity index (χ0v) is 18.8. The number of amides is 1. The molecular formula is C24H25NO5S. The van der Waals surface area contributed by atoms with E-state index in [0.29, 0.717) is 27.6 Å². The second kappa shape index (κ2) is 10.1. The monoisotopic (exact) mass is 439 g/mol. The molecule has 0 aliphatic heterocycles. The third-order valence-corrected chi connectivity index (χ3v) is 5.68. The molecule has 6 nitrogen and oxygen atoms in total. The molecule has 7 heteroatoms. The lowest BCUT2D eigenvalue weighted by atomic mass is 10.0. The third-order valence-electron chi connectivity index (χ3n) is 4.78. The number of carbonyl (C=O) groups excluding carboxylic acids is 2. The van der Waals surface area contributed by atoms with Crippen molar-refractivity contribution in [3.63, 3.8) is 0 Å². The van der Waals surface area contributed by atoms with Crippen LogP contribution in [0, 0.1) is 0 Å². The first-order chi connectivity index (χ1) is 15.0. The highest BCUT2D eigenvalue weighted by molar-refractivity contribution is 7.15. The number of anilines is 1. The number of hydrogen-bond donors (Lipinski definition) is 1. The number of hydrogen-bond acceptors (Lipinski definition) is 6. The summed E-state index contributed by atoms with van der Waals surface area (Å²) in [5, 5.41) is 5.14. The summed E-state index contributed by atoms with van der Waals surface area (Å²) in [6, 6.07) is 12.9. The summed E-state index contributed by atoms with van der Waals surface area (Å²) in [5.74, 6) is 0.144. The highest BCUT2D eigenvalue weighted by atomic mass is 32.1. The van der Waals surface area contributed by atoms with Crippen LogP contribution in [0.5, 0.6) is 11.5 Å². The third kappa shape index (κ3) is 5.06. The molecule has 0 spiro atoms. The molecule has 0 fully saturated rings. The van der Waals surface area contributed by atoms with E-state index in [9.17, 15) is 9.59 Å². The van der Waals surface area contributed by atoms with Crippen molar-refractivity contribution in [2.45, 2.75) is 20.3 Å². The van der Waals surface area contributed by atoms with Crippen LogP contribution in [-0.4, -0.2) is 32.7 Å². The van der Waals surface area contributed by atoms with Crippen molar-refractivity contribution in [3.8, 4) is 22.6 Å². The van der Waals surface area contributed by atoms with Crippen molar-refractivity contribution < 1.29 is 23.8 Å². The van der Waals surface area contributed by atoms with Gasteiger partial charge in [-0.15, -0.1) is 11.3 Å². The number of esters is 1. The van der Waals surface area contributed by atoms with Gasteiger partial charge in [0.25, 0.3) is 5.91 Å². The predicted molar refractivity (Wildman–Crippen MR) is 123 cm³/mol. The summed E-state index contributed by atoms with van der Waals surface area (Å²) in [6.45, 7) is 4.08. The highest BCUT2D eigenvalue weighted by Crippen LogP contribution is 2.37. The Hall–Kier alpha value is -3.32. The highest BCUT2D eigenvalue weighted by Gasteiger charge is 2.23. The minimum atomic E-state index is -0.475. The normalized spacial score (nSPS) is 10.5. The first-order valence-electron chi connectivity index (χ1n) is 9.93. The Balaban J connectivity index is 1.98. The van der Waals surface area contributed by atoms with Gasteiger partial charge in [-0.05, 0) is 36.6 Å². The lowest BCUT2D eigenvalue weighted by Crippen LogP contribution is -2.15. The van der Waals surface area contributed by atoms with Crippen LogP contribution in [0.4, 0.5) is 5.00 Å². The Bertz CT molecular complexity index is 1050. The maximum absolute atomic E-state index is 12.9. The average Bonchev–Trinajstić information content (AvgIpc) is 3.22. The molecule has 1 N–H and O–H groups in total. The smallest absolute Gasteiger partial charge is 0.341 e. The van der Waals surface area contributed by atoms with Gasteiger partial charge in [0, 0.05) is 22.6 Å². The molecule has 0 radical (unpaired) electrons. The second-order valence-electron chi connectivity index (χ2n) is 6.68. The van der Waals surface area contributed by atoms with E-state index in [0.717, 1.165) is 17.5 Å². The Morgan fingerprint density at radius 2 is 1.61 bits per heavy atom. The molecule has 0 saturated heterocycles. The fourth-order valence-corrected chi connectivity index (χ4v) is 4.05. The number of rotatable bonds is 8. The SMILES string of the molecule is CCOC(=O)c1c(-c2ccc(CC)cc2)csc1NC(=O)c1cc(OC)cc(OC)c1. The number of thiophene rings is 1. The molecule has 1 heterocycles. The minimum absolute atomic E-state index is 0.239. The summed E-state index contributed by atoms with van der Waals surface area (Å²) in [7, 11) is 3.04. The molecule has 0 atom stereocenters. The molecule has 0 aliphatic carbocycles. The lowest BCUT2D eigenvalue weighted by Gasteiger charge is -2.11. The quantitative estimate of drug-likeness (QED) is 0.474. The van der Waals surface area contributed by atoms with Crippen molar-refractivity contribution in [2.24, 2.45) is 0 Å². The zero-order valence-electron chi connectivity index (χ0n) is 18.0. The molecule has 3 rings (SSSR count). The number of ether oxygens (including phenoxy) is 3. The van der Waals surface area contributed by atoms with Crippen molar-refractivity contribution in [3.05, 3.63) is 64.5 Å². The molecule has 0 bridgehead atoms. The lowest BCUT2D eigenvalue weighted by molar-refractivity contribution is 0.0529. The van der Waals surface area contributed by atoms with Gasteiger partial charge in [0.2, 0.25) is 0 Å². The maximum Gasteiger partial charge on any atom is 0.341 e. The van der Waals surface area contributed by atoms with Gasteiger partial charge in [0.05, 0.1) is 20.8 Å². The minimum Gasteiger partial charge on any atom is -0.497 e. The Morgan fingerprint density at radius 1 is 0.968 bits per heavy atom. The molecule has 31 heavy (non-hydrogen) atoms. The largest absolute Gasteiger partial charge is 0.497 e. The summed E-state index contributed by atoms with van der Waals surface area (Å²) in [6.07, 6.45) is 0.931. The number of carbonyl (C=O) groups is 2. The van der Waals surface area contributed by atoms with Gasteiger partial charge < -0.3 is 19.5 Å². The van der Waals surface area contributed by atoms with Gasteiger partial charge in [0.15, 0.2) is 0 Å². The van der Waals surface area contributed by atoms with Gasteiger partial charge in [-0.25, -0.2) is 4.79 Å². The van der Waals surface area contributed by atoms with E-state index in [2.05, 4.69) is 12.2 Å². The van der Waals surface area contributed by atoms with E-state index >= 15 is 0 Å². The molecule has 1 aromatic heterocycles. The second-order valence-corrected chi connectivity index (χ2v) is 7.56. The summed E-state index contributed by atoms with van der Waals surface area (Å²) >= 11 is 1.28. The Morgan fingerprint density at radius 3 is 2.16 bits per heavy atom. The average molecular weight is 440 g/mol. The number of nitrogens with one attached hydrogen (secondary N) is 1. The first kappa shape index (κ1) is 22.4. The summed E-state index contributed by atoms with van der Waals surface area (Å²) in [5.41, 5.74) is 3.52. The summed E-state index contributed by atoms with van der Waals surface area (Å²) in [4.78, 5) is 25.7. The van der Waals surface area contributed by atoms with E-state index in [4.69, 9.17) is 14.2 Å². The zero-order chi connectivity index (χ0) is 22.4. The molecule has 3 aromatic rings. The predicted octanol–water partition coefficient (Wildman–Crippen LogP) is 5.42. The van der Waals surface area contributed by atoms with Gasteiger partial charge in [-0.3, -0.25) is 4.79 Å². The van der Waals surface area contributed by atoms with Crippen molar-refractivity contribution >= 4 is 28.2 Å². The number of methoxy groups -OCH3 is 2. The fourth-order valence-electron chi connectivity index (χ4n) is 3.10. The molecular weight excluding hydrogens is 414 g/mol. The number of benzene rings is 2. The van der Waals surface area contributed by atoms with Crippen LogP contribution in [0.15, 0.2) is 47.8 Å². The van der Waals surface area contributed by atoms with Crippen LogP contribution in [0.3, 0.4) is 0 Å². The van der Waals surface area contributed by atoms with Crippen LogP contribution in [0.1, 0.15) is 40.1 Å². The Labute approximate surface area is 185 Å². The van der Waals surface area contributed by atoms with Gasteiger partial charge >= 0.3 is 5.97 Å². The topological polar surface area (TPSA) is 73.9 Å². The van der Waals surface area contributed by atoms with E-state index in [-0.39, 0.29) is 12.5 Å². The van der Waals surface area contributed by atoms with Gasteiger partial charge in [-0.1, -0.05) is 31.2 Å². The van der Waals surface area contributed by atoms with Crippen LogP contribution in [-0.2, 0) is 11.2 Å². The van der Waals surface area contributed by atoms with Crippen molar-refractivity contribution in [1.82, 2.24) is 0 Å².